The van der Waals surface area contributed by atoms with Gasteiger partial charge >= 0.3 is 0 Å². The SMILES string of the molecule is C=C(CC[C@@H](OC=O)[C@H]1[C@H](O)C[C@@]2(C)C34CC[C@@]5(OO3)C(C)(C)[C@@H](O)CC[C@]5(C)C4=CC[C@]12C)C(C)C. The molecule has 0 radical (unpaired) electrons. The number of hydrogen-bond donors (Lipinski definition) is 2. The second kappa shape index (κ2) is 8.39. The Balaban J connectivity index is 1.57. The molecule has 1 unspecified atom stereocenters. The molecule has 6 aliphatic rings. The molecule has 6 nitrogen and oxygen atoms in total. The number of carbonyl (C=O) groups excluding carboxylic acids is 1. The molecule has 2 bridgehead atoms. The summed E-state index contributed by atoms with van der Waals surface area (Å²) in [4.78, 5) is 24.8. The predicted octanol–water partition coefficient (Wildman–Crippen LogP) is 5.66. The van der Waals surface area contributed by atoms with Gasteiger partial charge in [0.05, 0.1) is 12.2 Å². The molecule has 4 aliphatic carbocycles. The first-order valence-electron chi connectivity index (χ1n) is 14.4. The zero-order valence-corrected chi connectivity index (χ0v) is 23.9. The summed E-state index contributed by atoms with van der Waals surface area (Å²) in [6.07, 6.45) is 6.85. The van der Waals surface area contributed by atoms with Gasteiger partial charge in [-0.15, -0.1) is 0 Å². The van der Waals surface area contributed by atoms with Crippen LogP contribution in [0.3, 0.4) is 0 Å². The molecule has 2 heterocycles. The standard InChI is InChI=1S/C31H48O6/c1-19(2)20(3)9-10-22(35-18-32)25-21(33)17-29(8)28(25,7)13-11-23-27(6)14-12-24(34)26(4,5)31(27)16-15-30(23,29)36-37-31/h11,18-19,21-22,24-25,33-34H,3,9-10,12-17H2,1-2,4-8H3/t21-,22-,24+,25-,27-,28-,29-,30?,31-/m1/s1. The Hall–Kier alpha value is -1.21. The Morgan fingerprint density at radius 2 is 1.86 bits per heavy atom. The molecule has 0 aromatic rings. The van der Waals surface area contributed by atoms with E-state index in [9.17, 15) is 15.0 Å². The molecule has 0 amide bonds. The minimum Gasteiger partial charge on any atom is -0.464 e. The van der Waals surface area contributed by atoms with Gasteiger partial charge in [-0.2, -0.15) is 0 Å². The molecule has 2 spiro atoms. The van der Waals surface area contributed by atoms with Gasteiger partial charge in [0.25, 0.3) is 6.47 Å². The molecule has 6 heteroatoms. The van der Waals surface area contributed by atoms with Crippen LogP contribution in [0.25, 0.3) is 0 Å². The number of carbonyl (C=O) groups is 1. The van der Waals surface area contributed by atoms with Gasteiger partial charge in [0.2, 0.25) is 0 Å². The second-order valence-corrected chi connectivity index (χ2v) is 14.4. The van der Waals surface area contributed by atoms with Crippen molar-refractivity contribution >= 4 is 6.47 Å². The van der Waals surface area contributed by atoms with Crippen molar-refractivity contribution in [2.24, 2.45) is 33.5 Å². The quantitative estimate of drug-likeness (QED) is 0.258. The van der Waals surface area contributed by atoms with E-state index in [1.54, 1.807) is 0 Å². The first-order chi connectivity index (χ1) is 17.2. The summed E-state index contributed by atoms with van der Waals surface area (Å²) in [6, 6.07) is 0. The average Bonchev–Trinajstić information content (AvgIpc) is 3.05. The summed E-state index contributed by atoms with van der Waals surface area (Å²) in [5, 5.41) is 22.7. The van der Waals surface area contributed by atoms with E-state index in [4.69, 9.17) is 14.5 Å². The van der Waals surface area contributed by atoms with Crippen molar-refractivity contribution < 1.29 is 29.5 Å². The van der Waals surface area contributed by atoms with Gasteiger partial charge in [0.15, 0.2) is 0 Å². The number of rotatable bonds is 7. The van der Waals surface area contributed by atoms with Crippen LogP contribution in [0.1, 0.15) is 99.8 Å². The van der Waals surface area contributed by atoms with E-state index >= 15 is 0 Å². The van der Waals surface area contributed by atoms with Crippen LogP contribution in [0.15, 0.2) is 23.8 Å². The van der Waals surface area contributed by atoms with Crippen molar-refractivity contribution in [3.05, 3.63) is 23.8 Å². The van der Waals surface area contributed by atoms with E-state index in [2.05, 4.69) is 61.1 Å². The molecule has 208 valence electrons. The summed E-state index contributed by atoms with van der Waals surface area (Å²) in [5.41, 5.74) is -0.294. The van der Waals surface area contributed by atoms with Crippen molar-refractivity contribution in [2.75, 3.05) is 0 Å². The molecular weight excluding hydrogens is 468 g/mol. The summed E-state index contributed by atoms with van der Waals surface area (Å²) in [7, 11) is 0. The molecule has 37 heavy (non-hydrogen) atoms. The lowest BCUT2D eigenvalue weighted by Crippen LogP contribution is -2.78. The number of aliphatic hydroxyl groups is 2. The molecule has 6 rings (SSSR count). The third-order valence-corrected chi connectivity index (χ3v) is 12.7. The highest BCUT2D eigenvalue weighted by Gasteiger charge is 2.81. The fraction of sp³-hybridized carbons (Fsp3) is 0.839. The maximum absolute atomic E-state index is 11.7. The molecule has 3 saturated carbocycles. The summed E-state index contributed by atoms with van der Waals surface area (Å²) in [5.74, 6) is 0.143. The molecule has 0 aromatic heterocycles. The van der Waals surface area contributed by atoms with Crippen LogP contribution in [0.4, 0.5) is 0 Å². The fourth-order valence-electron chi connectivity index (χ4n) is 9.93. The van der Waals surface area contributed by atoms with Crippen LogP contribution in [-0.4, -0.2) is 46.2 Å². The van der Waals surface area contributed by atoms with Gasteiger partial charge in [-0.25, -0.2) is 9.78 Å². The van der Waals surface area contributed by atoms with Gasteiger partial charge in [-0.1, -0.05) is 66.7 Å². The second-order valence-electron chi connectivity index (χ2n) is 14.4. The van der Waals surface area contributed by atoms with E-state index in [1.165, 1.54) is 5.57 Å². The highest BCUT2D eigenvalue weighted by Crippen LogP contribution is 2.79. The molecule has 2 aliphatic heterocycles. The summed E-state index contributed by atoms with van der Waals surface area (Å²) in [6.45, 7) is 20.1. The lowest BCUT2D eigenvalue weighted by atomic mass is 9.37. The largest absolute Gasteiger partial charge is 0.464 e. The Morgan fingerprint density at radius 3 is 2.46 bits per heavy atom. The number of ether oxygens (including phenoxy) is 1. The molecule has 2 saturated heterocycles. The highest BCUT2D eigenvalue weighted by molar-refractivity contribution is 5.45. The third kappa shape index (κ3) is 3.10. The van der Waals surface area contributed by atoms with E-state index in [-0.39, 0.29) is 16.7 Å². The summed E-state index contributed by atoms with van der Waals surface area (Å²) >= 11 is 0. The lowest BCUT2D eigenvalue weighted by molar-refractivity contribution is -0.522. The monoisotopic (exact) mass is 516 g/mol. The number of allylic oxidation sites excluding steroid dienone is 2. The van der Waals surface area contributed by atoms with Crippen LogP contribution in [0.5, 0.6) is 0 Å². The van der Waals surface area contributed by atoms with Crippen molar-refractivity contribution in [3.8, 4) is 0 Å². The minimum atomic E-state index is -0.655. The lowest BCUT2D eigenvalue weighted by Gasteiger charge is -2.74. The van der Waals surface area contributed by atoms with Crippen molar-refractivity contribution in [1.82, 2.24) is 0 Å². The Kier molecular flexibility index (Phi) is 6.21. The zero-order chi connectivity index (χ0) is 27.2. The number of aliphatic hydroxyl groups excluding tert-OH is 2. The van der Waals surface area contributed by atoms with Gasteiger partial charge < -0.3 is 14.9 Å². The van der Waals surface area contributed by atoms with Crippen LogP contribution in [0, 0.1) is 33.5 Å². The minimum absolute atomic E-state index is 0.218. The first kappa shape index (κ1) is 27.4. The normalized spacial score (nSPS) is 48.5. The Bertz CT molecular complexity index is 990. The molecule has 0 aromatic carbocycles. The molecule has 9 atom stereocenters. The fourth-order valence-corrected chi connectivity index (χ4v) is 9.93. The van der Waals surface area contributed by atoms with E-state index in [1.807, 2.05) is 0 Å². The Morgan fingerprint density at radius 1 is 1.16 bits per heavy atom. The maximum atomic E-state index is 11.7. The number of fused-ring (bicyclic) bond motifs is 3. The van der Waals surface area contributed by atoms with Gasteiger partial charge in [0, 0.05) is 22.2 Å². The number of hydrogen-bond acceptors (Lipinski definition) is 6. The van der Waals surface area contributed by atoms with E-state index < -0.39 is 40.3 Å². The Labute approximate surface area is 222 Å². The van der Waals surface area contributed by atoms with Crippen LogP contribution < -0.4 is 0 Å². The predicted molar refractivity (Wildman–Crippen MR) is 141 cm³/mol. The van der Waals surface area contributed by atoms with Gasteiger partial charge in [-0.3, -0.25) is 4.79 Å². The smallest absolute Gasteiger partial charge is 0.293 e. The van der Waals surface area contributed by atoms with Crippen LogP contribution in [-0.2, 0) is 19.3 Å². The molecular formula is C31H48O6. The topological polar surface area (TPSA) is 85.2 Å². The zero-order valence-electron chi connectivity index (χ0n) is 23.9. The molecule has 5 fully saturated rings. The van der Waals surface area contributed by atoms with Gasteiger partial charge in [0.1, 0.15) is 17.3 Å². The summed E-state index contributed by atoms with van der Waals surface area (Å²) < 4.78 is 5.74. The van der Waals surface area contributed by atoms with Crippen molar-refractivity contribution in [1.29, 1.82) is 0 Å². The highest BCUT2D eigenvalue weighted by atomic mass is 17.2. The van der Waals surface area contributed by atoms with E-state index in [0.29, 0.717) is 25.2 Å². The third-order valence-electron chi connectivity index (χ3n) is 12.7. The van der Waals surface area contributed by atoms with Gasteiger partial charge in [-0.05, 0) is 68.3 Å². The maximum Gasteiger partial charge on any atom is 0.293 e. The van der Waals surface area contributed by atoms with E-state index in [0.717, 1.165) is 44.1 Å². The van der Waals surface area contributed by atoms with Crippen molar-refractivity contribution in [2.45, 2.75) is 129 Å². The molecule has 2 N–H and O–H groups in total. The van der Waals surface area contributed by atoms with Crippen LogP contribution >= 0.6 is 0 Å². The average molecular weight is 517 g/mol. The van der Waals surface area contributed by atoms with Crippen molar-refractivity contribution in [3.63, 3.8) is 0 Å². The first-order valence-corrected chi connectivity index (χ1v) is 14.4. The van der Waals surface area contributed by atoms with Crippen LogP contribution in [0.2, 0.25) is 0 Å².